The molecule has 0 unspecified atom stereocenters. The van der Waals surface area contributed by atoms with Crippen molar-refractivity contribution < 1.29 is 27.5 Å². The van der Waals surface area contributed by atoms with Crippen LogP contribution < -0.4 is 5.32 Å². The monoisotopic (exact) mass is 423 g/mol. The first kappa shape index (κ1) is 20.5. The van der Waals surface area contributed by atoms with Gasteiger partial charge in [0.1, 0.15) is 5.00 Å². The number of carbonyl (C=O) groups excluding carboxylic acids is 2. The minimum Gasteiger partial charge on any atom is -0.462 e. The summed E-state index contributed by atoms with van der Waals surface area (Å²) >= 11 is 1.12. The molecule has 2 heterocycles. The van der Waals surface area contributed by atoms with Crippen molar-refractivity contribution in [2.45, 2.75) is 25.7 Å². The number of esters is 1. The van der Waals surface area contributed by atoms with Crippen molar-refractivity contribution in [1.29, 1.82) is 0 Å². The lowest BCUT2D eigenvalue weighted by Gasteiger charge is -2.13. The summed E-state index contributed by atoms with van der Waals surface area (Å²) in [6, 6.07) is 6.97. The van der Waals surface area contributed by atoms with Crippen LogP contribution in [0.4, 0.5) is 5.00 Å². The molecule has 0 saturated carbocycles. The van der Waals surface area contributed by atoms with Crippen molar-refractivity contribution >= 4 is 38.1 Å². The quantitative estimate of drug-likeness (QED) is 0.718. The maximum absolute atomic E-state index is 12.7. The Kier molecular flexibility index (Phi) is 6.17. The maximum Gasteiger partial charge on any atom is 0.341 e. The molecule has 1 aliphatic heterocycles. The summed E-state index contributed by atoms with van der Waals surface area (Å²) in [5, 5.41) is 3.09. The Bertz CT molecular complexity index is 1010. The summed E-state index contributed by atoms with van der Waals surface area (Å²) in [4.78, 5) is 25.8. The van der Waals surface area contributed by atoms with Gasteiger partial charge in [-0.1, -0.05) is 12.1 Å². The number of anilines is 1. The van der Waals surface area contributed by atoms with Gasteiger partial charge in [-0.15, -0.1) is 11.3 Å². The van der Waals surface area contributed by atoms with Gasteiger partial charge in [0, 0.05) is 17.6 Å². The zero-order valence-electron chi connectivity index (χ0n) is 15.6. The van der Waals surface area contributed by atoms with Crippen molar-refractivity contribution in [1.82, 2.24) is 0 Å². The molecule has 1 amide bonds. The first-order valence-electron chi connectivity index (χ1n) is 8.76. The fraction of sp³-hybridized carbons (Fsp3) is 0.368. The zero-order chi connectivity index (χ0) is 20.3. The molecule has 3 rings (SSSR count). The van der Waals surface area contributed by atoms with Gasteiger partial charge in [0.15, 0.2) is 9.84 Å². The molecule has 1 aromatic carbocycles. The predicted octanol–water partition coefficient (Wildman–Crippen LogP) is 2.79. The summed E-state index contributed by atoms with van der Waals surface area (Å²) in [6.07, 6.45) is 0.238. The van der Waals surface area contributed by atoms with E-state index in [-0.39, 0.29) is 36.0 Å². The zero-order valence-corrected chi connectivity index (χ0v) is 17.2. The Balaban J connectivity index is 1.95. The van der Waals surface area contributed by atoms with Crippen molar-refractivity contribution in [3.8, 4) is 0 Å². The third kappa shape index (κ3) is 4.43. The number of ether oxygens (including phenoxy) is 2. The second-order valence-electron chi connectivity index (χ2n) is 6.36. The number of amides is 1. The van der Waals surface area contributed by atoms with E-state index < -0.39 is 15.8 Å². The standard InChI is InChI=1S/C19H21NO6S2/c1-3-26-19(22)16-14-7-8-28(23,24)11-15(14)27-18(16)20-17(21)13-6-4-5-12(9-13)10-25-2/h4-6,9H,3,7-8,10-11H2,1-2H3,(H,20,21). The highest BCUT2D eigenvalue weighted by Crippen LogP contribution is 2.38. The SMILES string of the molecule is CCOC(=O)c1c(NC(=O)c2cccc(COC)c2)sc2c1CCS(=O)(=O)C2. The van der Waals surface area contributed by atoms with Crippen molar-refractivity contribution in [3.63, 3.8) is 0 Å². The van der Waals surface area contributed by atoms with Gasteiger partial charge in [-0.05, 0) is 36.6 Å². The highest BCUT2D eigenvalue weighted by atomic mass is 32.2. The number of fused-ring (bicyclic) bond motifs is 1. The van der Waals surface area contributed by atoms with Gasteiger partial charge in [-0.2, -0.15) is 0 Å². The molecular formula is C19H21NO6S2. The lowest BCUT2D eigenvalue weighted by Crippen LogP contribution is -2.20. The smallest absolute Gasteiger partial charge is 0.341 e. The first-order chi connectivity index (χ1) is 13.3. The number of hydrogen-bond donors (Lipinski definition) is 1. The molecule has 1 aromatic heterocycles. The normalized spacial score (nSPS) is 14.9. The van der Waals surface area contributed by atoms with Gasteiger partial charge in [0.2, 0.25) is 0 Å². The van der Waals surface area contributed by atoms with Crippen LogP contribution in [0.5, 0.6) is 0 Å². The van der Waals surface area contributed by atoms with Gasteiger partial charge < -0.3 is 14.8 Å². The lowest BCUT2D eigenvalue weighted by atomic mass is 10.1. The second-order valence-corrected chi connectivity index (χ2v) is 9.65. The van der Waals surface area contributed by atoms with Crippen molar-refractivity contribution in [2.24, 2.45) is 0 Å². The van der Waals surface area contributed by atoms with Gasteiger partial charge in [-0.25, -0.2) is 13.2 Å². The van der Waals surface area contributed by atoms with Crippen LogP contribution in [0.2, 0.25) is 0 Å². The van der Waals surface area contributed by atoms with E-state index in [2.05, 4.69) is 5.32 Å². The molecule has 28 heavy (non-hydrogen) atoms. The molecule has 0 fully saturated rings. The number of thiophene rings is 1. The number of sulfone groups is 1. The summed E-state index contributed by atoms with van der Waals surface area (Å²) in [7, 11) is -1.63. The van der Waals surface area contributed by atoms with Gasteiger partial charge in [0.05, 0.1) is 30.3 Å². The molecule has 1 aliphatic rings. The first-order valence-corrected chi connectivity index (χ1v) is 11.4. The summed E-state index contributed by atoms with van der Waals surface area (Å²) < 4.78 is 34.1. The van der Waals surface area contributed by atoms with E-state index in [4.69, 9.17) is 9.47 Å². The van der Waals surface area contributed by atoms with Gasteiger partial charge >= 0.3 is 5.97 Å². The van der Waals surface area contributed by atoms with Crippen LogP contribution in [0.15, 0.2) is 24.3 Å². The van der Waals surface area contributed by atoms with E-state index in [1.54, 1.807) is 32.2 Å². The number of benzene rings is 1. The number of hydrogen-bond acceptors (Lipinski definition) is 7. The van der Waals surface area contributed by atoms with Crippen LogP contribution in [-0.2, 0) is 38.1 Å². The highest BCUT2D eigenvalue weighted by molar-refractivity contribution is 7.90. The van der Waals surface area contributed by atoms with Crippen LogP contribution in [0.1, 0.15) is 43.6 Å². The molecule has 0 spiro atoms. The van der Waals surface area contributed by atoms with E-state index >= 15 is 0 Å². The Hall–Kier alpha value is -2.23. The molecule has 0 radical (unpaired) electrons. The Labute approximate surface area is 167 Å². The van der Waals surface area contributed by atoms with Crippen LogP contribution in [0, 0.1) is 0 Å². The van der Waals surface area contributed by atoms with Crippen molar-refractivity contribution in [3.05, 3.63) is 51.4 Å². The van der Waals surface area contributed by atoms with Crippen LogP contribution in [0.3, 0.4) is 0 Å². The van der Waals surface area contributed by atoms with Gasteiger partial charge in [0.25, 0.3) is 5.91 Å². The molecule has 0 atom stereocenters. The predicted molar refractivity (Wildman–Crippen MR) is 107 cm³/mol. The fourth-order valence-electron chi connectivity index (χ4n) is 3.07. The molecule has 0 aliphatic carbocycles. The topological polar surface area (TPSA) is 98.8 Å². The van der Waals surface area contributed by atoms with E-state index in [9.17, 15) is 18.0 Å². The number of rotatable bonds is 6. The molecule has 0 bridgehead atoms. The van der Waals surface area contributed by atoms with Crippen LogP contribution in [-0.4, -0.2) is 39.8 Å². The van der Waals surface area contributed by atoms with Crippen molar-refractivity contribution in [2.75, 3.05) is 24.8 Å². The lowest BCUT2D eigenvalue weighted by molar-refractivity contribution is 0.0527. The number of methoxy groups -OCH3 is 1. The summed E-state index contributed by atoms with van der Waals surface area (Å²) in [6.45, 7) is 2.26. The number of nitrogens with one attached hydrogen (secondary N) is 1. The minimum atomic E-state index is -3.20. The Morgan fingerprint density at radius 3 is 2.79 bits per heavy atom. The largest absolute Gasteiger partial charge is 0.462 e. The molecule has 0 saturated heterocycles. The summed E-state index contributed by atoms with van der Waals surface area (Å²) in [5.74, 6) is -1.08. The Morgan fingerprint density at radius 2 is 2.07 bits per heavy atom. The van der Waals surface area contributed by atoms with Crippen LogP contribution in [0.25, 0.3) is 0 Å². The third-order valence-corrected chi connectivity index (χ3v) is 7.20. The number of carbonyl (C=O) groups is 2. The molecule has 9 heteroatoms. The highest BCUT2D eigenvalue weighted by Gasteiger charge is 2.32. The van der Waals surface area contributed by atoms with E-state index in [1.807, 2.05) is 6.07 Å². The maximum atomic E-state index is 12.7. The fourth-order valence-corrected chi connectivity index (χ4v) is 6.11. The second kappa shape index (κ2) is 8.42. The average Bonchev–Trinajstić information content (AvgIpc) is 2.98. The van der Waals surface area contributed by atoms with Gasteiger partial charge in [-0.3, -0.25) is 4.79 Å². The Morgan fingerprint density at radius 1 is 1.29 bits per heavy atom. The van der Waals surface area contributed by atoms with E-state index in [0.717, 1.165) is 16.9 Å². The van der Waals surface area contributed by atoms with Crippen LogP contribution >= 0.6 is 11.3 Å². The molecule has 7 nitrogen and oxygen atoms in total. The average molecular weight is 424 g/mol. The molecule has 1 N–H and O–H groups in total. The van der Waals surface area contributed by atoms with E-state index in [1.165, 1.54) is 0 Å². The minimum absolute atomic E-state index is 0.0183. The third-order valence-electron chi connectivity index (χ3n) is 4.31. The molecule has 2 aromatic rings. The molecular weight excluding hydrogens is 402 g/mol. The molecule has 150 valence electrons. The summed E-state index contributed by atoms with van der Waals surface area (Å²) in [5.41, 5.74) is 2.18. The van der Waals surface area contributed by atoms with E-state index in [0.29, 0.717) is 27.6 Å².